The van der Waals surface area contributed by atoms with E-state index in [-0.39, 0.29) is 30.1 Å². The first-order chi connectivity index (χ1) is 12.7. The lowest BCUT2D eigenvalue weighted by Crippen LogP contribution is -2.41. The van der Waals surface area contributed by atoms with E-state index >= 15 is 0 Å². The molecule has 0 aliphatic rings. The van der Waals surface area contributed by atoms with Gasteiger partial charge in [0.2, 0.25) is 0 Å². The first kappa shape index (κ1) is 20.9. The number of aliphatic carboxylic acids is 1. The maximum Gasteiger partial charge on any atom is 0.349 e. The van der Waals surface area contributed by atoms with Crippen LogP contribution in [0.4, 0.5) is 0 Å². The van der Waals surface area contributed by atoms with Gasteiger partial charge in [-0.25, -0.2) is 0 Å². The van der Waals surface area contributed by atoms with Gasteiger partial charge in [-0.3, -0.25) is 14.7 Å². The number of carboxylic acids is 1. The fourth-order valence-corrected chi connectivity index (χ4v) is 4.07. The number of para-hydroxylation sites is 1. The Kier molecular flexibility index (Phi) is 6.98. The standard InChI is InChI=1S/C18H22NO7P/c1-2-26-27(24,25)17(14-5-3-4-6-16(14)21)19-15(18(22)23)11-12-7-9-13(20)10-8-12/h3-10,15,17,19-21H,2,11H2,1H3,(H,22,23)(H,24,25)/t15-,17?/m0/s1. The summed E-state index contributed by atoms with van der Waals surface area (Å²) in [6, 6.07) is 10.6. The van der Waals surface area contributed by atoms with Gasteiger partial charge in [-0.2, -0.15) is 0 Å². The number of carbonyl (C=O) groups is 1. The van der Waals surface area contributed by atoms with E-state index in [4.69, 9.17) is 4.52 Å². The molecule has 0 saturated heterocycles. The number of phenols is 2. The summed E-state index contributed by atoms with van der Waals surface area (Å²) < 4.78 is 17.6. The highest BCUT2D eigenvalue weighted by Gasteiger charge is 2.38. The molecule has 27 heavy (non-hydrogen) atoms. The molecule has 146 valence electrons. The van der Waals surface area contributed by atoms with Crippen molar-refractivity contribution in [2.24, 2.45) is 0 Å². The summed E-state index contributed by atoms with van der Waals surface area (Å²) in [5.74, 6) is -2.88. The van der Waals surface area contributed by atoms with Crippen LogP contribution in [0.15, 0.2) is 48.5 Å². The van der Waals surface area contributed by atoms with Crippen LogP contribution < -0.4 is 5.32 Å². The van der Waals surface area contributed by atoms with Crippen molar-refractivity contribution in [2.45, 2.75) is 25.2 Å². The molecule has 9 heteroatoms. The maximum atomic E-state index is 12.7. The first-order valence-electron chi connectivity index (χ1n) is 8.26. The molecule has 0 aromatic heterocycles. The van der Waals surface area contributed by atoms with Crippen molar-refractivity contribution < 1.29 is 34.1 Å². The molecule has 0 saturated carbocycles. The van der Waals surface area contributed by atoms with Gasteiger partial charge in [-0.1, -0.05) is 30.3 Å². The van der Waals surface area contributed by atoms with Gasteiger partial charge >= 0.3 is 13.6 Å². The number of hydrogen-bond donors (Lipinski definition) is 5. The highest BCUT2D eigenvalue weighted by atomic mass is 31.2. The van der Waals surface area contributed by atoms with Crippen LogP contribution in [0.25, 0.3) is 0 Å². The number of carboxylic acid groups (broad SMARTS) is 1. The molecule has 0 bridgehead atoms. The minimum absolute atomic E-state index is 0.00810. The van der Waals surface area contributed by atoms with Crippen molar-refractivity contribution in [2.75, 3.05) is 6.61 Å². The second-order valence-corrected chi connectivity index (χ2v) is 7.77. The summed E-state index contributed by atoms with van der Waals surface area (Å²) in [7, 11) is -4.33. The molecule has 2 unspecified atom stereocenters. The highest BCUT2D eigenvalue weighted by Crippen LogP contribution is 2.56. The van der Waals surface area contributed by atoms with Crippen LogP contribution in [0.5, 0.6) is 11.5 Å². The van der Waals surface area contributed by atoms with Crippen molar-refractivity contribution >= 4 is 13.6 Å². The van der Waals surface area contributed by atoms with Crippen LogP contribution in [0.3, 0.4) is 0 Å². The zero-order valence-electron chi connectivity index (χ0n) is 14.6. The Morgan fingerprint density at radius 1 is 1.15 bits per heavy atom. The number of nitrogens with one attached hydrogen (secondary N) is 1. The molecule has 8 nitrogen and oxygen atoms in total. The molecule has 0 heterocycles. The van der Waals surface area contributed by atoms with Gasteiger partial charge in [0.15, 0.2) is 0 Å². The van der Waals surface area contributed by atoms with Crippen LogP contribution >= 0.6 is 7.60 Å². The monoisotopic (exact) mass is 395 g/mol. The molecule has 2 rings (SSSR count). The SMILES string of the molecule is CCOP(=O)(O)C(N[C@@H](Cc1ccc(O)cc1)C(=O)O)c1ccccc1O. The third kappa shape index (κ3) is 5.55. The molecule has 0 aliphatic carbocycles. The maximum absolute atomic E-state index is 12.7. The van der Waals surface area contributed by atoms with E-state index in [0.29, 0.717) is 5.56 Å². The summed E-state index contributed by atoms with van der Waals surface area (Å²) in [6.07, 6.45) is -0.00810. The van der Waals surface area contributed by atoms with Gasteiger partial charge in [-0.05, 0) is 37.1 Å². The van der Waals surface area contributed by atoms with Gasteiger partial charge in [0.1, 0.15) is 23.3 Å². The van der Waals surface area contributed by atoms with Crippen LogP contribution in [-0.2, 0) is 20.3 Å². The lowest BCUT2D eigenvalue weighted by Gasteiger charge is -2.27. The molecule has 2 aromatic carbocycles. The van der Waals surface area contributed by atoms with Gasteiger partial charge in [-0.15, -0.1) is 0 Å². The fraction of sp³-hybridized carbons (Fsp3) is 0.278. The van der Waals surface area contributed by atoms with Crippen LogP contribution in [0.1, 0.15) is 23.8 Å². The Hall–Kier alpha value is -2.38. The fourth-order valence-electron chi connectivity index (χ4n) is 2.61. The lowest BCUT2D eigenvalue weighted by atomic mass is 10.1. The molecule has 5 N–H and O–H groups in total. The summed E-state index contributed by atoms with van der Waals surface area (Å²) in [5.41, 5.74) is 0.668. The Balaban J connectivity index is 2.35. The Morgan fingerprint density at radius 3 is 2.33 bits per heavy atom. The molecular formula is C18H22NO7P. The molecule has 2 aromatic rings. The predicted octanol–water partition coefficient (Wildman–Crippen LogP) is 2.60. The van der Waals surface area contributed by atoms with Gasteiger partial charge in [0.05, 0.1) is 6.61 Å². The highest BCUT2D eigenvalue weighted by molar-refractivity contribution is 7.53. The number of rotatable bonds is 9. The van der Waals surface area contributed by atoms with E-state index in [9.17, 15) is 29.6 Å². The van der Waals surface area contributed by atoms with E-state index in [1.807, 2.05) is 0 Å². The normalized spacial score (nSPS) is 15.6. The van der Waals surface area contributed by atoms with Crippen molar-refractivity contribution in [1.82, 2.24) is 5.32 Å². The quantitative estimate of drug-likeness (QED) is 0.409. The van der Waals surface area contributed by atoms with Crippen molar-refractivity contribution in [1.29, 1.82) is 0 Å². The van der Waals surface area contributed by atoms with E-state index in [0.717, 1.165) is 0 Å². The number of hydrogen-bond acceptors (Lipinski definition) is 6. The minimum atomic E-state index is -4.33. The Morgan fingerprint density at radius 2 is 1.78 bits per heavy atom. The zero-order valence-corrected chi connectivity index (χ0v) is 15.5. The van der Waals surface area contributed by atoms with Crippen LogP contribution in [-0.4, -0.2) is 38.8 Å². The third-order valence-electron chi connectivity index (χ3n) is 3.91. The number of benzene rings is 2. The number of phenolic OH excluding ortho intramolecular Hbond substituents is 2. The summed E-state index contributed by atoms with van der Waals surface area (Å²) in [6.45, 7) is 1.48. The third-order valence-corrected chi connectivity index (χ3v) is 5.61. The molecule has 3 atom stereocenters. The van der Waals surface area contributed by atoms with E-state index in [1.54, 1.807) is 24.3 Å². The zero-order chi connectivity index (χ0) is 20.0. The summed E-state index contributed by atoms with van der Waals surface area (Å²) >= 11 is 0. The molecule has 0 radical (unpaired) electrons. The largest absolute Gasteiger partial charge is 0.508 e. The van der Waals surface area contributed by atoms with E-state index < -0.39 is 25.4 Å². The second-order valence-electron chi connectivity index (χ2n) is 5.87. The Labute approximate surface area is 156 Å². The van der Waals surface area contributed by atoms with Crippen molar-refractivity contribution in [3.8, 4) is 11.5 Å². The molecule has 0 amide bonds. The van der Waals surface area contributed by atoms with E-state index in [1.165, 1.54) is 31.2 Å². The molecular weight excluding hydrogens is 373 g/mol. The first-order valence-corrected chi connectivity index (χ1v) is 9.91. The van der Waals surface area contributed by atoms with Crippen molar-refractivity contribution in [3.05, 3.63) is 59.7 Å². The van der Waals surface area contributed by atoms with Gasteiger partial charge in [0, 0.05) is 5.56 Å². The van der Waals surface area contributed by atoms with E-state index in [2.05, 4.69) is 5.32 Å². The smallest absolute Gasteiger partial charge is 0.349 e. The topological polar surface area (TPSA) is 136 Å². The Bertz CT molecular complexity index is 825. The molecule has 0 aliphatic heterocycles. The molecule has 0 spiro atoms. The number of aromatic hydroxyl groups is 2. The lowest BCUT2D eigenvalue weighted by molar-refractivity contribution is -0.139. The van der Waals surface area contributed by atoms with Crippen molar-refractivity contribution in [3.63, 3.8) is 0 Å². The average molecular weight is 395 g/mol. The van der Waals surface area contributed by atoms with Gasteiger partial charge < -0.3 is 24.7 Å². The average Bonchev–Trinajstić information content (AvgIpc) is 2.60. The van der Waals surface area contributed by atoms with Gasteiger partial charge in [0.25, 0.3) is 0 Å². The summed E-state index contributed by atoms with van der Waals surface area (Å²) in [4.78, 5) is 22.0. The summed E-state index contributed by atoms with van der Waals surface area (Å²) in [5, 5.41) is 31.6. The van der Waals surface area contributed by atoms with Crippen LogP contribution in [0.2, 0.25) is 0 Å². The predicted molar refractivity (Wildman–Crippen MR) is 98.7 cm³/mol. The molecule has 0 fully saturated rings. The van der Waals surface area contributed by atoms with Crippen LogP contribution in [0, 0.1) is 0 Å². The minimum Gasteiger partial charge on any atom is -0.508 e. The second kappa shape index (κ2) is 9.01.